The highest BCUT2D eigenvalue weighted by Crippen LogP contribution is 2.25. The van der Waals surface area contributed by atoms with E-state index in [0.29, 0.717) is 10.2 Å². The van der Waals surface area contributed by atoms with Gasteiger partial charge < -0.3 is 4.74 Å². The van der Waals surface area contributed by atoms with Crippen LogP contribution in [0.5, 0.6) is 0 Å². The van der Waals surface area contributed by atoms with E-state index in [0.717, 1.165) is 11.3 Å². The fourth-order valence-electron chi connectivity index (χ4n) is 1.67. The molecule has 6 nitrogen and oxygen atoms in total. The molecule has 2 heterocycles. The van der Waals surface area contributed by atoms with Crippen LogP contribution in [0.4, 0.5) is 0 Å². The first-order valence-corrected chi connectivity index (χ1v) is 7.92. The second-order valence-electron chi connectivity index (χ2n) is 4.09. The Morgan fingerprint density at radius 1 is 1.55 bits per heavy atom. The molecule has 0 amide bonds. The second kappa shape index (κ2) is 7.24. The molecule has 0 fully saturated rings. The first kappa shape index (κ1) is 16.3. The van der Waals surface area contributed by atoms with Crippen LogP contribution in [-0.2, 0) is 4.74 Å². The van der Waals surface area contributed by atoms with Gasteiger partial charge in [-0.25, -0.2) is 14.8 Å². The number of rotatable bonds is 5. The number of esters is 1. The number of hydrogen-bond acceptors (Lipinski definition) is 7. The Hall–Kier alpha value is -2.11. The molecule has 0 aliphatic heterocycles. The van der Waals surface area contributed by atoms with Crippen LogP contribution in [-0.4, -0.2) is 28.3 Å². The van der Waals surface area contributed by atoms with Gasteiger partial charge >= 0.3 is 5.97 Å². The van der Waals surface area contributed by atoms with Crippen molar-refractivity contribution in [3.63, 3.8) is 0 Å². The molecule has 0 radical (unpaired) electrons. The van der Waals surface area contributed by atoms with Crippen molar-refractivity contribution < 1.29 is 14.3 Å². The summed E-state index contributed by atoms with van der Waals surface area (Å²) in [7, 11) is 0. The summed E-state index contributed by atoms with van der Waals surface area (Å²) in [6.45, 7) is 1.92. The van der Waals surface area contributed by atoms with Crippen LogP contribution in [0.3, 0.4) is 0 Å². The predicted molar refractivity (Wildman–Crippen MR) is 82.7 cm³/mol. The van der Waals surface area contributed by atoms with Crippen LogP contribution in [0.25, 0.3) is 0 Å². The number of nitriles is 1. The van der Waals surface area contributed by atoms with Gasteiger partial charge in [0, 0.05) is 17.1 Å². The van der Waals surface area contributed by atoms with Gasteiger partial charge in [0.2, 0.25) is 0 Å². The van der Waals surface area contributed by atoms with Crippen molar-refractivity contribution in [3.05, 3.63) is 44.6 Å². The average Bonchev–Trinajstić information content (AvgIpc) is 2.98. The minimum Gasteiger partial charge on any atom is -0.461 e. The summed E-state index contributed by atoms with van der Waals surface area (Å²) in [5.74, 6) is -2.03. The minimum atomic E-state index is -1.07. The molecular weight excluding hydrogens is 370 g/mol. The number of aromatic nitrogens is 2. The van der Waals surface area contributed by atoms with Crippen LogP contribution in [0.2, 0.25) is 0 Å². The zero-order valence-electron chi connectivity index (χ0n) is 11.4. The molecule has 8 heteroatoms. The summed E-state index contributed by atoms with van der Waals surface area (Å²) in [5, 5.41) is 11.0. The predicted octanol–water partition coefficient (Wildman–Crippen LogP) is 2.97. The number of pyridine rings is 1. The Bertz CT molecular complexity index is 754. The number of Topliss-reactive ketones (excluding diaryl/α,β-unsaturated/α-hetero) is 1. The first-order valence-electron chi connectivity index (χ1n) is 6.24. The number of ketones is 1. The van der Waals surface area contributed by atoms with Gasteiger partial charge in [-0.3, -0.25) is 4.79 Å². The van der Waals surface area contributed by atoms with E-state index in [1.807, 2.05) is 6.07 Å². The average molecular weight is 380 g/mol. The molecule has 1 unspecified atom stereocenters. The van der Waals surface area contributed by atoms with Crippen molar-refractivity contribution >= 4 is 39.0 Å². The molecule has 0 aliphatic carbocycles. The van der Waals surface area contributed by atoms with Crippen LogP contribution in [0.15, 0.2) is 28.3 Å². The van der Waals surface area contributed by atoms with E-state index < -0.39 is 17.7 Å². The zero-order chi connectivity index (χ0) is 16.1. The van der Waals surface area contributed by atoms with E-state index in [-0.39, 0.29) is 17.3 Å². The normalized spacial score (nSPS) is 11.5. The number of halogens is 1. The fourth-order valence-corrected chi connectivity index (χ4v) is 2.86. The molecule has 0 spiro atoms. The van der Waals surface area contributed by atoms with Crippen LogP contribution >= 0.6 is 27.3 Å². The maximum atomic E-state index is 12.4. The van der Waals surface area contributed by atoms with Crippen molar-refractivity contribution in [3.8, 4) is 6.07 Å². The molecule has 0 aliphatic rings. The number of ether oxygens (including phenoxy) is 1. The van der Waals surface area contributed by atoms with Gasteiger partial charge in [0.05, 0.1) is 12.7 Å². The molecule has 2 aromatic rings. The van der Waals surface area contributed by atoms with Gasteiger partial charge in [0.15, 0.2) is 17.4 Å². The lowest BCUT2D eigenvalue weighted by atomic mass is 10.0. The molecule has 2 aromatic heterocycles. The number of nitrogens with zero attached hydrogens (tertiary/aromatic N) is 3. The van der Waals surface area contributed by atoms with Crippen molar-refractivity contribution in [2.45, 2.75) is 12.8 Å². The monoisotopic (exact) mass is 379 g/mol. The molecule has 1 atom stereocenters. The number of thiazole rings is 1. The van der Waals surface area contributed by atoms with Crippen molar-refractivity contribution in [1.29, 1.82) is 5.26 Å². The Morgan fingerprint density at radius 3 is 2.95 bits per heavy atom. The van der Waals surface area contributed by atoms with E-state index >= 15 is 0 Å². The first-order chi connectivity index (χ1) is 10.6. The summed E-state index contributed by atoms with van der Waals surface area (Å²) in [5.41, 5.74) is 0.451. The van der Waals surface area contributed by atoms with Crippen molar-refractivity contribution in [1.82, 2.24) is 9.97 Å². The van der Waals surface area contributed by atoms with Gasteiger partial charge in [-0.1, -0.05) is 0 Å². The third-order valence-electron chi connectivity index (χ3n) is 2.66. The van der Waals surface area contributed by atoms with Gasteiger partial charge in [0.25, 0.3) is 0 Å². The van der Waals surface area contributed by atoms with Crippen LogP contribution < -0.4 is 0 Å². The van der Waals surface area contributed by atoms with Gasteiger partial charge in [-0.05, 0) is 35.0 Å². The summed E-state index contributed by atoms with van der Waals surface area (Å²) < 4.78 is 5.34. The second-order valence-corrected chi connectivity index (χ2v) is 5.79. The third-order valence-corrected chi connectivity index (χ3v) is 4.00. The number of hydrogen-bond donors (Lipinski definition) is 0. The summed E-state index contributed by atoms with van der Waals surface area (Å²) in [4.78, 5) is 32.0. The quantitative estimate of drug-likeness (QED) is 0.450. The summed E-state index contributed by atoms with van der Waals surface area (Å²) in [6, 6.07) is 4.99. The molecular formula is C14H10BrN3O3S. The number of carbonyl (C=O) groups excluding carboxylic acids is 2. The maximum Gasteiger partial charge on any atom is 0.357 e. The third kappa shape index (κ3) is 3.55. The number of carbonyl (C=O) groups is 2. The topological polar surface area (TPSA) is 92.9 Å². The highest BCUT2D eigenvalue weighted by molar-refractivity contribution is 9.10. The van der Waals surface area contributed by atoms with E-state index in [2.05, 4.69) is 25.9 Å². The van der Waals surface area contributed by atoms with E-state index in [4.69, 9.17) is 4.74 Å². The van der Waals surface area contributed by atoms with E-state index in [1.165, 1.54) is 23.7 Å². The van der Waals surface area contributed by atoms with Crippen LogP contribution in [0.1, 0.15) is 38.7 Å². The Labute approximate surface area is 138 Å². The molecule has 22 heavy (non-hydrogen) atoms. The van der Waals surface area contributed by atoms with Gasteiger partial charge in [-0.2, -0.15) is 5.26 Å². The Morgan fingerprint density at radius 2 is 2.32 bits per heavy atom. The molecule has 0 saturated heterocycles. The lowest BCUT2D eigenvalue weighted by molar-refractivity contribution is 0.0519. The lowest BCUT2D eigenvalue weighted by Gasteiger charge is -2.05. The molecule has 0 N–H and O–H groups in total. The van der Waals surface area contributed by atoms with Crippen molar-refractivity contribution in [2.24, 2.45) is 0 Å². The fraction of sp³-hybridized carbons (Fsp3) is 0.214. The minimum absolute atomic E-state index is 0.103. The highest BCUT2D eigenvalue weighted by atomic mass is 79.9. The Kier molecular flexibility index (Phi) is 5.35. The molecule has 0 bridgehead atoms. The summed E-state index contributed by atoms with van der Waals surface area (Å²) >= 11 is 4.26. The highest BCUT2D eigenvalue weighted by Gasteiger charge is 2.26. The SMILES string of the molecule is CCOC(=O)c1csc(C(C#N)C(=O)c2ccnc(Br)c2)n1. The van der Waals surface area contributed by atoms with E-state index in [1.54, 1.807) is 6.92 Å². The molecule has 0 aromatic carbocycles. The van der Waals surface area contributed by atoms with Gasteiger partial charge in [-0.15, -0.1) is 11.3 Å². The molecule has 112 valence electrons. The van der Waals surface area contributed by atoms with Crippen LogP contribution in [0, 0.1) is 11.3 Å². The summed E-state index contributed by atoms with van der Waals surface area (Å²) in [6.07, 6.45) is 1.47. The molecule has 0 saturated carbocycles. The Balaban J connectivity index is 2.27. The smallest absolute Gasteiger partial charge is 0.357 e. The standard InChI is InChI=1S/C14H10BrN3O3S/c1-2-21-14(20)10-7-22-13(18-10)9(6-16)12(19)8-3-4-17-11(15)5-8/h3-5,7,9H,2H2,1H3. The van der Waals surface area contributed by atoms with E-state index in [9.17, 15) is 14.9 Å². The zero-order valence-corrected chi connectivity index (χ0v) is 13.8. The van der Waals surface area contributed by atoms with Gasteiger partial charge in [0.1, 0.15) is 9.61 Å². The largest absolute Gasteiger partial charge is 0.461 e. The van der Waals surface area contributed by atoms with Crippen molar-refractivity contribution in [2.75, 3.05) is 6.61 Å². The molecule has 2 rings (SSSR count). The lowest BCUT2D eigenvalue weighted by Crippen LogP contribution is -2.12. The maximum absolute atomic E-state index is 12.4.